The summed E-state index contributed by atoms with van der Waals surface area (Å²) in [5.74, 6) is -0.358. The van der Waals surface area contributed by atoms with Crippen LogP contribution in [0, 0.1) is 0 Å². The average Bonchev–Trinajstić information content (AvgIpc) is 3.12. The smallest absolute Gasteiger partial charge is 0.350 e. The van der Waals surface area contributed by atoms with Crippen LogP contribution in [0.25, 0.3) is 10.6 Å². The predicted octanol–water partition coefficient (Wildman–Crippen LogP) is 4.20. The van der Waals surface area contributed by atoms with Gasteiger partial charge in [-0.1, -0.05) is 18.2 Å². The van der Waals surface area contributed by atoms with E-state index in [-0.39, 0.29) is 18.1 Å². The third kappa shape index (κ3) is 4.45. The molecule has 0 spiro atoms. The number of benzene rings is 1. The van der Waals surface area contributed by atoms with Gasteiger partial charge < -0.3 is 5.32 Å². The minimum atomic E-state index is -4.37. The normalized spacial score (nSPS) is 11.3. The summed E-state index contributed by atoms with van der Waals surface area (Å²) in [7, 11) is 0. The molecule has 1 amide bonds. The fourth-order valence-electron chi connectivity index (χ4n) is 2.31. The summed E-state index contributed by atoms with van der Waals surface area (Å²) in [6.07, 6.45) is -0.759. The molecule has 0 fully saturated rings. The zero-order valence-corrected chi connectivity index (χ0v) is 14.3. The molecule has 0 aliphatic carbocycles. The number of nitrogens with zero attached hydrogens (tertiary/aromatic N) is 2. The number of hydrogen-bond donors (Lipinski definition) is 1. The van der Waals surface area contributed by atoms with Gasteiger partial charge in [-0.3, -0.25) is 9.78 Å². The molecule has 0 radical (unpaired) electrons. The van der Waals surface area contributed by atoms with Gasteiger partial charge in [0.25, 0.3) is 5.91 Å². The van der Waals surface area contributed by atoms with Crippen molar-refractivity contribution >= 4 is 17.2 Å². The maximum absolute atomic E-state index is 12.7. The number of alkyl halides is 3. The highest BCUT2D eigenvalue weighted by Gasteiger charge is 2.30. The van der Waals surface area contributed by atoms with Gasteiger partial charge in [-0.2, -0.15) is 13.2 Å². The molecule has 0 aliphatic rings. The number of amides is 1. The number of carbonyl (C=O) groups is 1. The molecule has 0 bridgehead atoms. The zero-order valence-electron chi connectivity index (χ0n) is 13.5. The molecule has 2 heterocycles. The van der Waals surface area contributed by atoms with Crippen molar-refractivity contribution < 1.29 is 18.0 Å². The predicted molar refractivity (Wildman–Crippen MR) is 92.8 cm³/mol. The van der Waals surface area contributed by atoms with Crippen LogP contribution in [-0.2, 0) is 12.6 Å². The molecule has 0 saturated carbocycles. The fourth-order valence-corrected chi connectivity index (χ4v) is 3.10. The Bertz CT molecular complexity index is 894. The molecule has 1 aromatic carbocycles. The largest absolute Gasteiger partial charge is 0.416 e. The van der Waals surface area contributed by atoms with Crippen LogP contribution in [0.2, 0.25) is 0 Å². The highest BCUT2D eigenvalue weighted by atomic mass is 32.1. The summed E-state index contributed by atoms with van der Waals surface area (Å²) >= 11 is 1.33. The summed E-state index contributed by atoms with van der Waals surface area (Å²) in [4.78, 5) is 20.4. The molecule has 0 saturated heterocycles. The Morgan fingerprint density at radius 2 is 2.04 bits per heavy atom. The Hall–Kier alpha value is -2.74. The number of rotatable bonds is 5. The number of thiazole rings is 1. The molecule has 8 heteroatoms. The minimum Gasteiger partial charge on any atom is -0.350 e. The molecule has 3 aromatic rings. The van der Waals surface area contributed by atoms with E-state index in [1.807, 2.05) is 6.07 Å². The first-order valence-corrected chi connectivity index (χ1v) is 8.62. The molecule has 0 atom stereocenters. The molecule has 0 unspecified atom stereocenters. The van der Waals surface area contributed by atoms with E-state index in [1.54, 1.807) is 29.9 Å². The summed E-state index contributed by atoms with van der Waals surface area (Å²) in [6, 6.07) is 8.71. The van der Waals surface area contributed by atoms with Crippen LogP contribution < -0.4 is 5.32 Å². The van der Waals surface area contributed by atoms with Crippen LogP contribution in [-0.4, -0.2) is 22.4 Å². The fraction of sp³-hybridized carbons (Fsp3) is 0.167. The average molecular weight is 377 g/mol. The van der Waals surface area contributed by atoms with Crippen LogP contribution in [0.3, 0.4) is 0 Å². The molecule has 2 aromatic heterocycles. The highest BCUT2D eigenvalue weighted by Crippen LogP contribution is 2.29. The van der Waals surface area contributed by atoms with Crippen molar-refractivity contribution in [2.24, 2.45) is 0 Å². The van der Waals surface area contributed by atoms with Crippen molar-refractivity contribution in [3.63, 3.8) is 0 Å². The first-order valence-electron chi connectivity index (χ1n) is 7.74. The SMILES string of the molecule is O=C(NCCc1cccc(C(F)(F)F)c1)c1csc(-c2cccnc2)n1. The van der Waals surface area contributed by atoms with Gasteiger partial charge in [-0.15, -0.1) is 11.3 Å². The Kier molecular flexibility index (Phi) is 5.32. The van der Waals surface area contributed by atoms with Crippen LogP contribution in [0.1, 0.15) is 21.6 Å². The Morgan fingerprint density at radius 1 is 1.19 bits per heavy atom. The van der Waals surface area contributed by atoms with E-state index in [1.165, 1.54) is 17.4 Å². The van der Waals surface area contributed by atoms with Crippen LogP contribution >= 0.6 is 11.3 Å². The number of nitrogens with one attached hydrogen (secondary N) is 1. The summed E-state index contributed by atoms with van der Waals surface area (Å²) in [5.41, 5.74) is 0.912. The summed E-state index contributed by atoms with van der Waals surface area (Å²) in [6.45, 7) is 0.222. The Balaban J connectivity index is 1.58. The third-order valence-electron chi connectivity index (χ3n) is 3.60. The van der Waals surface area contributed by atoms with E-state index >= 15 is 0 Å². The van der Waals surface area contributed by atoms with E-state index in [2.05, 4.69) is 15.3 Å². The van der Waals surface area contributed by atoms with Gasteiger partial charge >= 0.3 is 6.18 Å². The van der Waals surface area contributed by atoms with E-state index in [0.29, 0.717) is 17.0 Å². The van der Waals surface area contributed by atoms with Crippen molar-refractivity contribution in [1.29, 1.82) is 0 Å². The van der Waals surface area contributed by atoms with Gasteiger partial charge in [0.05, 0.1) is 5.56 Å². The van der Waals surface area contributed by atoms with E-state index in [4.69, 9.17) is 0 Å². The molecular weight excluding hydrogens is 363 g/mol. The lowest BCUT2D eigenvalue weighted by molar-refractivity contribution is -0.137. The summed E-state index contributed by atoms with van der Waals surface area (Å²) < 4.78 is 38.1. The number of halogens is 3. The van der Waals surface area contributed by atoms with Crippen LogP contribution in [0.5, 0.6) is 0 Å². The molecule has 3 rings (SSSR count). The van der Waals surface area contributed by atoms with Gasteiger partial charge in [0, 0.05) is 29.9 Å². The molecule has 4 nitrogen and oxygen atoms in total. The van der Waals surface area contributed by atoms with Gasteiger partial charge in [-0.05, 0) is 30.2 Å². The maximum atomic E-state index is 12.7. The van der Waals surface area contributed by atoms with Crippen molar-refractivity contribution in [2.75, 3.05) is 6.54 Å². The second kappa shape index (κ2) is 7.65. The lowest BCUT2D eigenvalue weighted by atomic mass is 10.1. The highest BCUT2D eigenvalue weighted by molar-refractivity contribution is 7.13. The monoisotopic (exact) mass is 377 g/mol. The summed E-state index contributed by atoms with van der Waals surface area (Å²) in [5, 5.41) is 5.00. The van der Waals surface area contributed by atoms with Gasteiger partial charge in [0.2, 0.25) is 0 Å². The Labute approximate surface area is 151 Å². The molecule has 134 valence electrons. The second-order valence-corrected chi connectivity index (χ2v) is 6.34. The number of aromatic nitrogens is 2. The third-order valence-corrected chi connectivity index (χ3v) is 4.49. The molecular formula is C18H14F3N3OS. The molecule has 26 heavy (non-hydrogen) atoms. The number of carbonyl (C=O) groups excluding carboxylic acids is 1. The molecule has 0 aliphatic heterocycles. The first-order chi connectivity index (χ1) is 12.4. The van der Waals surface area contributed by atoms with Crippen LogP contribution in [0.15, 0.2) is 54.2 Å². The van der Waals surface area contributed by atoms with Crippen LogP contribution in [0.4, 0.5) is 13.2 Å². The maximum Gasteiger partial charge on any atom is 0.416 e. The first kappa shape index (κ1) is 18.1. The number of pyridine rings is 1. The zero-order chi connectivity index (χ0) is 18.6. The lowest BCUT2D eigenvalue weighted by Crippen LogP contribution is -2.26. The van der Waals surface area contributed by atoms with Crippen molar-refractivity contribution in [1.82, 2.24) is 15.3 Å². The standard InChI is InChI=1S/C18H14F3N3OS/c19-18(20,21)14-5-1-3-12(9-14)6-8-23-16(25)15-11-26-17(24-15)13-4-2-7-22-10-13/h1-5,7,9-11H,6,8H2,(H,23,25). The van der Waals surface area contributed by atoms with E-state index in [0.717, 1.165) is 17.7 Å². The minimum absolute atomic E-state index is 0.222. The topological polar surface area (TPSA) is 54.9 Å². The number of hydrogen-bond acceptors (Lipinski definition) is 4. The quantitative estimate of drug-likeness (QED) is 0.725. The van der Waals surface area contributed by atoms with Gasteiger partial charge in [0.1, 0.15) is 10.7 Å². The lowest BCUT2D eigenvalue weighted by Gasteiger charge is -2.09. The van der Waals surface area contributed by atoms with Crippen molar-refractivity contribution in [3.05, 3.63) is 71.0 Å². The van der Waals surface area contributed by atoms with Gasteiger partial charge in [-0.25, -0.2) is 4.98 Å². The second-order valence-electron chi connectivity index (χ2n) is 5.48. The van der Waals surface area contributed by atoms with Crippen molar-refractivity contribution in [2.45, 2.75) is 12.6 Å². The van der Waals surface area contributed by atoms with Crippen molar-refractivity contribution in [3.8, 4) is 10.6 Å². The molecule has 1 N–H and O–H groups in total. The van der Waals surface area contributed by atoms with Gasteiger partial charge in [0.15, 0.2) is 0 Å². The Morgan fingerprint density at radius 3 is 2.77 bits per heavy atom. The van der Waals surface area contributed by atoms with E-state index < -0.39 is 11.7 Å². The van der Waals surface area contributed by atoms with E-state index in [9.17, 15) is 18.0 Å².